The van der Waals surface area contributed by atoms with E-state index < -0.39 is 0 Å². The summed E-state index contributed by atoms with van der Waals surface area (Å²) in [4.78, 5) is 21.8. The average molecular weight is 213 g/mol. The first-order valence-electron chi connectivity index (χ1n) is 5.44. The van der Waals surface area contributed by atoms with Gasteiger partial charge in [0.1, 0.15) is 0 Å². The van der Waals surface area contributed by atoms with Crippen LogP contribution in [-0.4, -0.2) is 31.4 Å². The molecule has 1 fully saturated rings. The zero-order chi connectivity index (χ0) is 11.1. The Morgan fingerprint density at radius 1 is 1.47 bits per heavy atom. The fourth-order valence-corrected chi connectivity index (χ4v) is 1.71. The Morgan fingerprint density at radius 2 is 2.27 bits per heavy atom. The largest absolute Gasteiger partial charge is 0.370 e. The van der Waals surface area contributed by atoms with E-state index in [2.05, 4.69) is 10.6 Å². The van der Waals surface area contributed by atoms with E-state index in [4.69, 9.17) is 5.73 Å². The molecule has 1 aliphatic heterocycles. The maximum Gasteiger partial charge on any atom is 0.220 e. The Kier molecular flexibility index (Phi) is 5.10. The monoisotopic (exact) mass is 213 g/mol. The highest BCUT2D eigenvalue weighted by Crippen LogP contribution is 2.11. The van der Waals surface area contributed by atoms with Gasteiger partial charge < -0.3 is 16.4 Å². The molecule has 2 amide bonds. The highest BCUT2D eigenvalue weighted by molar-refractivity contribution is 5.76. The maximum absolute atomic E-state index is 11.4. The molecule has 5 nitrogen and oxygen atoms in total. The second kappa shape index (κ2) is 6.40. The Balaban J connectivity index is 2.00. The molecule has 0 aromatic rings. The van der Waals surface area contributed by atoms with Crippen LogP contribution in [0.4, 0.5) is 0 Å². The molecular weight excluding hydrogens is 194 g/mol. The molecule has 15 heavy (non-hydrogen) atoms. The molecule has 1 unspecified atom stereocenters. The molecule has 4 N–H and O–H groups in total. The number of carbonyl (C=O) groups excluding carboxylic acids is 2. The Hall–Kier alpha value is -1.10. The van der Waals surface area contributed by atoms with Crippen LogP contribution < -0.4 is 16.4 Å². The third-order valence-corrected chi connectivity index (χ3v) is 2.56. The van der Waals surface area contributed by atoms with E-state index in [1.165, 1.54) is 0 Å². The summed E-state index contributed by atoms with van der Waals surface area (Å²) in [5, 5.41) is 6.01. The van der Waals surface area contributed by atoms with E-state index in [9.17, 15) is 9.59 Å². The van der Waals surface area contributed by atoms with Crippen LogP contribution in [0.5, 0.6) is 0 Å². The van der Waals surface area contributed by atoms with Crippen LogP contribution >= 0.6 is 0 Å². The van der Waals surface area contributed by atoms with Gasteiger partial charge >= 0.3 is 0 Å². The van der Waals surface area contributed by atoms with Crippen LogP contribution in [0.25, 0.3) is 0 Å². The number of amides is 2. The Bertz CT molecular complexity index is 225. The summed E-state index contributed by atoms with van der Waals surface area (Å²) >= 11 is 0. The van der Waals surface area contributed by atoms with Crippen molar-refractivity contribution >= 4 is 11.8 Å². The van der Waals surface area contributed by atoms with Crippen LogP contribution in [0.3, 0.4) is 0 Å². The molecule has 1 rings (SSSR count). The van der Waals surface area contributed by atoms with Gasteiger partial charge in [0.15, 0.2) is 0 Å². The molecule has 0 aliphatic carbocycles. The van der Waals surface area contributed by atoms with Crippen LogP contribution in [0.15, 0.2) is 0 Å². The minimum absolute atomic E-state index is 0.0770. The maximum atomic E-state index is 11.4. The van der Waals surface area contributed by atoms with Crippen molar-refractivity contribution in [3.8, 4) is 0 Å². The number of nitrogens with one attached hydrogen (secondary N) is 2. The van der Waals surface area contributed by atoms with Gasteiger partial charge in [-0.25, -0.2) is 0 Å². The summed E-state index contributed by atoms with van der Waals surface area (Å²) in [6, 6.07) is 0. The molecule has 1 atom stereocenters. The molecule has 1 saturated heterocycles. The van der Waals surface area contributed by atoms with Gasteiger partial charge in [0.25, 0.3) is 0 Å². The molecule has 1 aliphatic rings. The lowest BCUT2D eigenvalue weighted by Crippen LogP contribution is -2.27. The van der Waals surface area contributed by atoms with Crippen LogP contribution in [0.2, 0.25) is 0 Å². The smallest absolute Gasteiger partial charge is 0.220 e. The summed E-state index contributed by atoms with van der Waals surface area (Å²) in [5.74, 6) is 0.235. The number of rotatable bonds is 6. The number of primary amides is 1. The first-order valence-corrected chi connectivity index (χ1v) is 5.44. The minimum atomic E-state index is -0.316. The average Bonchev–Trinajstić information content (AvgIpc) is 2.64. The minimum Gasteiger partial charge on any atom is -0.370 e. The van der Waals surface area contributed by atoms with Crippen molar-refractivity contribution in [2.75, 3.05) is 19.6 Å². The molecule has 0 radical (unpaired) electrons. The van der Waals surface area contributed by atoms with Crippen molar-refractivity contribution in [1.29, 1.82) is 0 Å². The summed E-state index contributed by atoms with van der Waals surface area (Å²) in [6.07, 6.45) is 2.63. The molecular formula is C10H19N3O2. The van der Waals surface area contributed by atoms with Crippen molar-refractivity contribution in [1.82, 2.24) is 10.6 Å². The topological polar surface area (TPSA) is 84.2 Å². The number of nitrogens with two attached hydrogens (primary N) is 1. The van der Waals surface area contributed by atoms with E-state index in [1.807, 2.05) is 0 Å². The van der Waals surface area contributed by atoms with E-state index in [0.29, 0.717) is 31.7 Å². The van der Waals surface area contributed by atoms with Crippen molar-refractivity contribution in [2.24, 2.45) is 11.7 Å². The molecule has 0 saturated carbocycles. The summed E-state index contributed by atoms with van der Waals surface area (Å²) in [5.41, 5.74) is 4.98. The van der Waals surface area contributed by atoms with Crippen molar-refractivity contribution in [3.05, 3.63) is 0 Å². The van der Waals surface area contributed by atoms with E-state index in [0.717, 1.165) is 19.5 Å². The van der Waals surface area contributed by atoms with Crippen molar-refractivity contribution in [2.45, 2.75) is 25.7 Å². The number of hydrogen-bond donors (Lipinski definition) is 3. The lowest BCUT2D eigenvalue weighted by atomic mass is 10.0. The lowest BCUT2D eigenvalue weighted by Gasteiger charge is -2.08. The molecule has 0 bridgehead atoms. The molecule has 0 spiro atoms. The predicted octanol–water partition coefficient (Wildman–Crippen LogP) is -0.632. The molecule has 5 heteroatoms. The van der Waals surface area contributed by atoms with Gasteiger partial charge in [-0.1, -0.05) is 0 Å². The van der Waals surface area contributed by atoms with Crippen LogP contribution in [-0.2, 0) is 9.59 Å². The fourth-order valence-electron chi connectivity index (χ4n) is 1.71. The molecule has 0 aromatic heterocycles. The third-order valence-electron chi connectivity index (χ3n) is 2.56. The first kappa shape index (κ1) is 12.0. The predicted molar refractivity (Wildman–Crippen MR) is 57.0 cm³/mol. The van der Waals surface area contributed by atoms with Gasteiger partial charge in [-0.05, 0) is 31.8 Å². The second-order valence-electron chi connectivity index (χ2n) is 3.98. The van der Waals surface area contributed by atoms with Gasteiger partial charge in [-0.3, -0.25) is 9.59 Å². The highest BCUT2D eigenvalue weighted by Gasteiger charge is 2.17. The Morgan fingerprint density at radius 3 is 2.87 bits per heavy atom. The number of carbonyl (C=O) groups is 2. The lowest BCUT2D eigenvalue weighted by molar-refractivity contribution is -0.122. The zero-order valence-electron chi connectivity index (χ0n) is 8.92. The van der Waals surface area contributed by atoms with Gasteiger partial charge in [0, 0.05) is 19.4 Å². The SMILES string of the molecule is NC(=O)CCCNC(=O)CC1CCNC1. The normalized spacial score (nSPS) is 20.1. The fraction of sp³-hybridized carbons (Fsp3) is 0.800. The second-order valence-corrected chi connectivity index (χ2v) is 3.98. The van der Waals surface area contributed by atoms with E-state index in [1.54, 1.807) is 0 Å². The molecule has 1 heterocycles. The highest BCUT2D eigenvalue weighted by atomic mass is 16.2. The third kappa shape index (κ3) is 5.37. The first-order chi connectivity index (χ1) is 7.18. The van der Waals surface area contributed by atoms with E-state index >= 15 is 0 Å². The quantitative estimate of drug-likeness (QED) is 0.513. The molecule has 0 aromatic carbocycles. The zero-order valence-corrected chi connectivity index (χ0v) is 8.92. The van der Waals surface area contributed by atoms with Crippen LogP contribution in [0, 0.1) is 5.92 Å². The summed E-state index contributed by atoms with van der Waals surface area (Å²) in [7, 11) is 0. The van der Waals surface area contributed by atoms with Crippen molar-refractivity contribution in [3.63, 3.8) is 0 Å². The molecule has 86 valence electrons. The summed E-state index contributed by atoms with van der Waals surface area (Å²) < 4.78 is 0. The van der Waals surface area contributed by atoms with Crippen molar-refractivity contribution < 1.29 is 9.59 Å². The standard InChI is InChI=1S/C10H19N3O2/c11-9(14)2-1-4-13-10(15)6-8-3-5-12-7-8/h8,12H,1-7H2,(H2,11,14)(H,13,15). The van der Waals surface area contributed by atoms with E-state index in [-0.39, 0.29) is 11.8 Å². The van der Waals surface area contributed by atoms with Gasteiger partial charge in [0.05, 0.1) is 0 Å². The van der Waals surface area contributed by atoms with Gasteiger partial charge in [-0.2, -0.15) is 0 Å². The van der Waals surface area contributed by atoms with Gasteiger partial charge in [0.2, 0.25) is 11.8 Å². The Labute approximate surface area is 89.8 Å². The van der Waals surface area contributed by atoms with Gasteiger partial charge in [-0.15, -0.1) is 0 Å². The van der Waals surface area contributed by atoms with Crippen LogP contribution in [0.1, 0.15) is 25.7 Å². The summed E-state index contributed by atoms with van der Waals surface area (Å²) in [6.45, 7) is 2.50. The number of hydrogen-bond acceptors (Lipinski definition) is 3.